The standard InChI is InChI=1S/C7H17N3/c1-6(9-3)4-5-10-7(2)8/h7,9-10H,1,4-5,8H2,2-3H3. The largest absolute Gasteiger partial charge is 0.392 e. The summed E-state index contributed by atoms with van der Waals surface area (Å²) in [5.41, 5.74) is 6.49. The highest BCUT2D eigenvalue weighted by Gasteiger charge is 1.92. The van der Waals surface area contributed by atoms with E-state index in [9.17, 15) is 0 Å². The topological polar surface area (TPSA) is 50.1 Å². The first-order chi connectivity index (χ1) is 4.66. The predicted molar refractivity (Wildman–Crippen MR) is 44.5 cm³/mol. The van der Waals surface area contributed by atoms with Gasteiger partial charge in [-0.25, -0.2) is 0 Å². The molecule has 0 rings (SSSR count). The highest BCUT2D eigenvalue weighted by atomic mass is 15.0. The van der Waals surface area contributed by atoms with Crippen molar-refractivity contribution in [3.05, 3.63) is 12.3 Å². The molecule has 0 radical (unpaired) electrons. The van der Waals surface area contributed by atoms with E-state index >= 15 is 0 Å². The number of nitrogens with two attached hydrogens (primary N) is 1. The van der Waals surface area contributed by atoms with E-state index in [1.807, 2.05) is 14.0 Å². The lowest BCUT2D eigenvalue weighted by molar-refractivity contribution is 0.563. The molecule has 3 heteroatoms. The van der Waals surface area contributed by atoms with E-state index in [1.54, 1.807) is 0 Å². The van der Waals surface area contributed by atoms with Crippen LogP contribution in [0.25, 0.3) is 0 Å². The molecule has 0 saturated heterocycles. The predicted octanol–water partition coefficient (Wildman–Crippen LogP) is 0.00390. The second-order valence-electron chi connectivity index (χ2n) is 2.35. The van der Waals surface area contributed by atoms with Crippen LogP contribution < -0.4 is 16.4 Å². The summed E-state index contributed by atoms with van der Waals surface area (Å²) in [6.45, 7) is 6.58. The zero-order chi connectivity index (χ0) is 7.98. The van der Waals surface area contributed by atoms with Crippen molar-refractivity contribution < 1.29 is 0 Å². The lowest BCUT2D eigenvalue weighted by Crippen LogP contribution is -2.35. The van der Waals surface area contributed by atoms with Gasteiger partial charge in [0.05, 0.1) is 6.17 Å². The average Bonchev–Trinajstić information content (AvgIpc) is 1.87. The van der Waals surface area contributed by atoms with Crippen LogP contribution in [0.5, 0.6) is 0 Å². The van der Waals surface area contributed by atoms with Gasteiger partial charge in [-0.1, -0.05) is 6.58 Å². The lowest BCUT2D eigenvalue weighted by Gasteiger charge is -2.08. The van der Waals surface area contributed by atoms with Crippen LogP contribution in [-0.2, 0) is 0 Å². The molecule has 0 aliphatic heterocycles. The lowest BCUT2D eigenvalue weighted by atomic mass is 10.3. The summed E-state index contributed by atoms with van der Waals surface area (Å²) in [5, 5.41) is 6.05. The third-order valence-electron chi connectivity index (χ3n) is 1.25. The molecule has 4 N–H and O–H groups in total. The number of hydrogen-bond donors (Lipinski definition) is 3. The van der Waals surface area contributed by atoms with Gasteiger partial charge in [0, 0.05) is 19.3 Å². The number of nitrogens with one attached hydrogen (secondary N) is 2. The molecule has 0 spiro atoms. The second kappa shape index (κ2) is 5.26. The van der Waals surface area contributed by atoms with E-state index in [0.717, 1.165) is 18.7 Å². The van der Waals surface area contributed by atoms with Crippen LogP contribution in [0.4, 0.5) is 0 Å². The Labute approximate surface area is 62.7 Å². The number of rotatable bonds is 5. The SMILES string of the molecule is C=C(CCNC(C)N)NC. The van der Waals surface area contributed by atoms with Gasteiger partial charge in [-0.2, -0.15) is 0 Å². The van der Waals surface area contributed by atoms with Crippen LogP contribution >= 0.6 is 0 Å². The van der Waals surface area contributed by atoms with Gasteiger partial charge in [0.15, 0.2) is 0 Å². The number of hydrogen-bond acceptors (Lipinski definition) is 3. The highest BCUT2D eigenvalue weighted by molar-refractivity contribution is 4.89. The van der Waals surface area contributed by atoms with E-state index in [4.69, 9.17) is 5.73 Å². The molecule has 0 amide bonds. The van der Waals surface area contributed by atoms with E-state index in [-0.39, 0.29) is 6.17 Å². The molecule has 10 heavy (non-hydrogen) atoms. The van der Waals surface area contributed by atoms with Crippen molar-refractivity contribution in [3.63, 3.8) is 0 Å². The maximum atomic E-state index is 5.46. The zero-order valence-electron chi connectivity index (χ0n) is 6.78. The second-order valence-corrected chi connectivity index (χ2v) is 2.35. The van der Waals surface area contributed by atoms with Crippen LogP contribution in [0.3, 0.4) is 0 Å². The van der Waals surface area contributed by atoms with Gasteiger partial charge in [-0.3, -0.25) is 0 Å². The monoisotopic (exact) mass is 143 g/mol. The van der Waals surface area contributed by atoms with Crippen molar-refractivity contribution in [2.45, 2.75) is 19.5 Å². The smallest absolute Gasteiger partial charge is 0.0517 e. The van der Waals surface area contributed by atoms with Gasteiger partial charge in [-0.05, 0) is 13.3 Å². The van der Waals surface area contributed by atoms with Crippen molar-refractivity contribution >= 4 is 0 Å². The molecule has 0 saturated carbocycles. The van der Waals surface area contributed by atoms with E-state index in [2.05, 4.69) is 17.2 Å². The molecule has 0 aromatic carbocycles. The van der Waals surface area contributed by atoms with E-state index < -0.39 is 0 Å². The van der Waals surface area contributed by atoms with Crippen LogP contribution in [-0.4, -0.2) is 19.8 Å². The molecule has 0 aliphatic rings. The van der Waals surface area contributed by atoms with Gasteiger partial charge < -0.3 is 16.4 Å². The summed E-state index contributed by atoms with van der Waals surface area (Å²) in [4.78, 5) is 0. The minimum absolute atomic E-state index is 0.0738. The quantitative estimate of drug-likeness (QED) is 0.475. The molecular formula is C7H17N3. The summed E-state index contributed by atoms with van der Waals surface area (Å²) in [6.07, 6.45) is 1.00. The normalized spacial score (nSPS) is 12.7. The Balaban J connectivity index is 3.12. The van der Waals surface area contributed by atoms with Gasteiger partial charge in [-0.15, -0.1) is 0 Å². The van der Waals surface area contributed by atoms with E-state index in [1.165, 1.54) is 0 Å². The Bertz CT molecular complexity index is 99.0. The Morgan fingerprint density at radius 1 is 1.70 bits per heavy atom. The third-order valence-corrected chi connectivity index (χ3v) is 1.25. The average molecular weight is 143 g/mol. The Morgan fingerprint density at radius 3 is 2.70 bits per heavy atom. The molecule has 3 nitrogen and oxygen atoms in total. The summed E-state index contributed by atoms with van der Waals surface area (Å²) in [7, 11) is 1.87. The fourth-order valence-corrected chi connectivity index (χ4v) is 0.576. The van der Waals surface area contributed by atoms with Crippen LogP contribution in [0.15, 0.2) is 12.3 Å². The van der Waals surface area contributed by atoms with Crippen LogP contribution in [0.1, 0.15) is 13.3 Å². The van der Waals surface area contributed by atoms with Crippen LogP contribution in [0.2, 0.25) is 0 Å². The first-order valence-corrected chi connectivity index (χ1v) is 3.51. The van der Waals surface area contributed by atoms with Crippen molar-refractivity contribution in [1.82, 2.24) is 10.6 Å². The van der Waals surface area contributed by atoms with Crippen LogP contribution in [0, 0.1) is 0 Å². The van der Waals surface area contributed by atoms with Crippen molar-refractivity contribution in [1.29, 1.82) is 0 Å². The molecule has 1 atom stereocenters. The summed E-state index contributed by atoms with van der Waals surface area (Å²) >= 11 is 0. The highest BCUT2D eigenvalue weighted by Crippen LogP contribution is 1.87. The molecule has 1 unspecified atom stereocenters. The molecule has 0 aromatic heterocycles. The summed E-state index contributed by atoms with van der Waals surface area (Å²) in [6, 6.07) is 0. The molecule has 0 bridgehead atoms. The third kappa shape index (κ3) is 5.59. The Hall–Kier alpha value is -0.540. The molecule has 0 aromatic rings. The zero-order valence-corrected chi connectivity index (χ0v) is 6.78. The fourth-order valence-electron chi connectivity index (χ4n) is 0.576. The first kappa shape index (κ1) is 9.46. The van der Waals surface area contributed by atoms with Crippen molar-refractivity contribution in [3.8, 4) is 0 Å². The minimum Gasteiger partial charge on any atom is -0.392 e. The van der Waals surface area contributed by atoms with Crippen molar-refractivity contribution in [2.75, 3.05) is 13.6 Å². The minimum atomic E-state index is 0.0738. The fraction of sp³-hybridized carbons (Fsp3) is 0.714. The van der Waals surface area contributed by atoms with Gasteiger partial charge >= 0.3 is 0 Å². The molecule has 60 valence electrons. The molecule has 0 aliphatic carbocycles. The maximum absolute atomic E-state index is 5.46. The Kier molecular flexibility index (Phi) is 4.98. The van der Waals surface area contributed by atoms with E-state index in [0.29, 0.717) is 0 Å². The molecular weight excluding hydrogens is 126 g/mol. The molecule has 0 fully saturated rings. The van der Waals surface area contributed by atoms with Gasteiger partial charge in [0.2, 0.25) is 0 Å². The first-order valence-electron chi connectivity index (χ1n) is 3.51. The maximum Gasteiger partial charge on any atom is 0.0517 e. The Morgan fingerprint density at radius 2 is 2.30 bits per heavy atom. The van der Waals surface area contributed by atoms with Crippen molar-refractivity contribution in [2.24, 2.45) is 5.73 Å². The summed E-state index contributed by atoms with van der Waals surface area (Å²) < 4.78 is 0. The van der Waals surface area contributed by atoms with Gasteiger partial charge in [0.25, 0.3) is 0 Å². The molecule has 0 heterocycles. The van der Waals surface area contributed by atoms with Gasteiger partial charge in [0.1, 0.15) is 0 Å². The summed E-state index contributed by atoms with van der Waals surface area (Å²) in [5.74, 6) is 0.